The summed E-state index contributed by atoms with van der Waals surface area (Å²) in [7, 11) is 3.30. The van der Waals surface area contributed by atoms with E-state index in [1.54, 1.807) is 43.3 Å². The first-order valence-corrected chi connectivity index (χ1v) is 13.0. The van der Waals surface area contributed by atoms with Crippen LogP contribution in [0.3, 0.4) is 0 Å². The van der Waals surface area contributed by atoms with Crippen molar-refractivity contribution in [2.75, 3.05) is 20.6 Å². The van der Waals surface area contributed by atoms with Gasteiger partial charge in [-0.3, -0.25) is 19.2 Å². The predicted molar refractivity (Wildman–Crippen MR) is 144 cm³/mol. The normalized spacial score (nSPS) is 13.0. The summed E-state index contributed by atoms with van der Waals surface area (Å²) in [6.07, 6.45) is -4.00. The number of benzene rings is 1. The molecule has 0 saturated heterocycles. The zero-order chi connectivity index (χ0) is 31.7. The Morgan fingerprint density at radius 2 is 1.61 bits per heavy atom. The number of fused-ring (bicyclic) bond motifs is 1. The predicted octanol–water partition coefficient (Wildman–Crippen LogP) is 2.88. The summed E-state index contributed by atoms with van der Waals surface area (Å²) in [5.41, 5.74) is 12.7. The first-order valence-electron chi connectivity index (χ1n) is 12.2. The van der Waals surface area contributed by atoms with Crippen molar-refractivity contribution in [2.24, 2.45) is 17.4 Å². The Kier molecular flexibility index (Phi) is 12.9. The molecule has 1 aromatic carbocycles. The number of hydrogen-bond donors (Lipinski definition) is 4. The third-order valence-electron chi connectivity index (χ3n) is 5.50. The van der Waals surface area contributed by atoms with Crippen LogP contribution >= 0.6 is 11.3 Å². The smallest absolute Gasteiger partial charge is 0.480 e. The van der Waals surface area contributed by atoms with E-state index in [0.717, 1.165) is 10.4 Å². The number of rotatable bonds is 6. The van der Waals surface area contributed by atoms with E-state index in [1.807, 2.05) is 19.9 Å². The third-order valence-corrected chi connectivity index (χ3v) is 6.73. The maximum Gasteiger partial charge on any atom is 0.490 e. The van der Waals surface area contributed by atoms with Crippen LogP contribution < -0.4 is 11.5 Å². The molecule has 0 fully saturated rings. The van der Waals surface area contributed by atoms with E-state index in [0.29, 0.717) is 47.9 Å². The number of amides is 3. The Hall–Kier alpha value is -3.98. The number of aliphatic carboxylic acids is 2. The second-order valence-corrected chi connectivity index (χ2v) is 10.6. The molecule has 2 heterocycles. The van der Waals surface area contributed by atoms with Gasteiger partial charge in [-0.05, 0) is 23.5 Å². The molecule has 1 atom stereocenters. The Bertz CT molecular complexity index is 1250. The number of nitrogens with two attached hydrogens (primary N) is 2. The largest absolute Gasteiger partial charge is 0.490 e. The lowest BCUT2D eigenvalue weighted by atomic mass is 9.99. The summed E-state index contributed by atoms with van der Waals surface area (Å²) in [5.74, 6) is -4.14. The summed E-state index contributed by atoms with van der Waals surface area (Å²) in [4.78, 5) is 60.1. The highest BCUT2D eigenvalue weighted by Crippen LogP contribution is 2.34. The molecular formula is C26H33F3N4O7S. The standard InChI is InChI=1S/C16H23N3O3S.C8H9NO2.C2HF3O2/c1-9(2)7-12(20)19-6-5-10-11(8-19)23-14(15(17)21)13(10)16(22)18(3)4;9-7(8(10)11)6-4-2-1-3-5-6;3-2(4,5)1(6)7/h9H,5-8H2,1-4H3,(H2,17,21);1-5,7H,9H2,(H,10,11);(H,6,7)/t;7-;/m.0./s1. The van der Waals surface area contributed by atoms with Crippen molar-refractivity contribution in [2.45, 2.75) is 45.5 Å². The van der Waals surface area contributed by atoms with E-state index in [4.69, 9.17) is 26.5 Å². The fraction of sp³-hybridized carbons (Fsp3) is 0.423. The van der Waals surface area contributed by atoms with Crippen LogP contribution in [0.1, 0.15) is 62.3 Å². The van der Waals surface area contributed by atoms with E-state index in [9.17, 15) is 32.3 Å². The van der Waals surface area contributed by atoms with Gasteiger partial charge in [0.25, 0.3) is 11.8 Å². The first kappa shape index (κ1) is 35.0. The van der Waals surface area contributed by atoms with E-state index in [-0.39, 0.29) is 11.8 Å². The lowest BCUT2D eigenvalue weighted by Gasteiger charge is -2.28. The molecule has 0 radical (unpaired) electrons. The molecular weight excluding hydrogens is 569 g/mol. The van der Waals surface area contributed by atoms with Gasteiger partial charge in [0.2, 0.25) is 5.91 Å². The highest BCUT2D eigenvalue weighted by molar-refractivity contribution is 7.14. The van der Waals surface area contributed by atoms with Gasteiger partial charge in [0.1, 0.15) is 10.9 Å². The molecule has 0 spiro atoms. The van der Waals surface area contributed by atoms with Gasteiger partial charge in [-0.25, -0.2) is 4.79 Å². The molecule has 41 heavy (non-hydrogen) atoms. The molecule has 2 aromatic rings. The molecule has 0 unspecified atom stereocenters. The Labute approximate surface area is 238 Å². The van der Waals surface area contributed by atoms with Crippen molar-refractivity contribution in [3.63, 3.8) is 0 Å². The maximum atomic E-state index is 12.4. The van der Waals surface area contributed by atoms with Gasteiger partial charge < -0.3 is 31.5 Å². The molecule has 1 aliphatic heterocycles. The number of hydrogen-bond acceptors (Lipinski definition) is 7. The van der Waals surface area contributed by atoms with Crippen molar-refractivity contribution in [1.82, 2.24) is 9.80 Å². The van der Waals surface area contributed by atoms with E-state index >= 15 is 0 Å². The fourth-order valence-corrected chi connectivity index (χ4v) is 4.73. The Balaban J connectivity index is 0.000000385. The number of carboxylic acid groups (broad SMARTS) is 2. The number of carbonyl (C=O) groups excluding carboxylic acids is 3. The summed E-state index contributed by atoms with van der Waals surface area (Å²) in [6, 6.07) is 7.82. The van der Waals surface area contributed by atoms with Gasteiger partial charge in [-0.2, -0.15) is 13.2 Å². The molecule has 6 N–H and O–H groups in total. The summed E-state index contributed by atoms with van der Waals surface area (Å²) in [6.45, 7) is 5.04. The second kappa shape index (κ2) is 15.1. The average Bonchev–Trinajstić information content (AvgIpc) is 3.27. The van der Waals surface area contributed by atoms with Gasteiger partial charge >= 0.3 is 18.1 Å². The number of alkyl halides is 3. The quantitative estimate of drug-likeness (QED) is 0.389. The zero-order valence-corrected chi connectivity index (χ0v) is 23.7. The Morgan fingerprint density at radius 1 is 1.07 bits per heavy atom. The fourth-order valence-electron chi connectivity index (χ4n) is 3.52. The highest BCUT2D eigenvalue weighted by atomic mass is 32.1. The number of halogens is 3. The van der Waals surface area contributed by atoms with Crippen LogP contribution in [0.2, 0.25) is 0 Å². The minimum absolute atomic E-state index is 0.111. The minimum atomic E-state index is -5.08. The number of carbonyl (C=O) groups is 5. The number of primary amides is 1. The van der Waals surface area contributed by atoms with Crippen LogP contribution in [0.5, 0.6) is 0 Å². The molecule has 1 aliphatic rings. The summed E-state index contributed by atoms with van der Waals surface area (Å²) in [5, 5.41) is 15.6. The minimum Gasteiger partial charge on any atom is -0.480 e. The van der Waals surface area contributed by atoms with Crippen LogP contribution in [-0.4, -0.2) is 76.5 Å². The number of thiophene rings is 1. The van der Waals surface area contributed by atoms with Crippen LogP contribution in [0.25, 0.3) is 0 Å². The molecule has 3 amide bonds. The van der Waals surface area contributed by atoms with Crippen molar-refractivity contribution in [3.8, 4) is 0 Å². The van der Waals surface area contributed by atoms with Gasteiger partial charge in [0, 0.05) is 31.9 Å². The van der Waals surface area contributed by atoms with Crippen molar-refractivity contribution in [3.05, 3.63) is 56.8 Å². The third kappa shape index (κ3) is 10.5. The van der Waals surface area contributed by atoms with Crippen LogP contribution in [0.4, 0.5) is 13.2 Å². The van der Waals surface area contributed by atoms with Crippen LogP contribution in [0, 0.1) is 5.92 Å². The molecule has 15 heteroatoms. The van der Waals surface area contributed by atoms with Gasteiger partial charge in [0.05, 0.1) is 12.1 Å². The van der Waals surface area contributed by atoms with Crippen molar-refractivity contribution >= 4 is 41.0 Å². The van der Waals surface area contributed by atoms with Crippen LogP contribution in [0.15, 0.2) is 30.3 Å². The molecule has 0 saturated carbocycles. The first-order chi connectivity index (χ1) is 18.9. The molecule has 3 rings (SSSR count). The summed E-state index contributed by atoms with van der Waals surface area (Å²) < 4.78 is 31.7. The second-order valence-electron chi connectivity index (χ2n) is 9.46. The van der Waals surface area contributed by atoms with E-state index in [2.05, 4.69) is 0 Å². The van der Waals surface area contributed by atoms with Gasteiger partial charge in [-0.15, -0.1) is 11.3 Å². The monoisotopic (exact) mass is 602 g/mol. The van der Waals surface area contributed by atoms with Gasteiger partial charge in [-0.1, -0.05) is 44.2 Å². The van der Waals surface area contributed by atoms with Crippen molar-refractivity contribution < 1.29 is 47.4 Å². The SMILES string of the molecule is CC(C)CC(=O)N1CCc2c(sc(C(N)=O)c2C(=O)N(C)C)C1.N[C@H](C(=O)O)c1ccccc1.O=C(O)C(F)(F)F. The van der Waals surface area contributed by atoms with E-state index < -0.39 is 30.1 Å². The number of carboxylic acids is 2. The topological polar surface area (TPSA) is 184 Å². The van der Waals surface area contributed by atoms with Crippen LogP contribution in [-0.2, 0) is 27.3 Å². The maximum absolute atomic E-state index is 12.4. The average molecular weight is 603 g/mol. The molecule has 11 nitrogen and oxygen atoms in total. The van der Waals surface area contributed by atoms with Gasteiger partial charge in [0.15, 0.2) is 0 Å². The number of nitrogens with zero attached hydrogens (tertiary/aromatic N) is 2. The van der Waals surface area contributed by atoms with Crippen molar-refractivity contribution in [1.29, 1.82) is 0 Å². The lowest BCUT2D eigenvalue weighted by molar-refractivity contribution is -0.192. The molecule has 0 aliphatic carbocycles. The summed E-state index contributed by atoms with van der Waals surface area (Å²) >= 11 is 1.24. The molecule has 0 bridgehead atoms. The zero-order valence-electron chi connectivity index (χ0n) is 22.9. The van der Waals surface area contributed by atoms with E-state index in [1.165, 1.54) is 16.2 Å². The lowest BCUT2D eigenvalue weighted by Crippen LogP contribution is -2.36. The highest BCUT2D eigenvalue weighted by Gasteiger charge is 2.38. The molecule has 226 valence electrons. The molecule has 1 aromatic heterocycles. The Morgan fingerprint density at radius 3 is 2.02 bits per heavy atom.